The first-order valence-corrected chi connectivity index (χ1v) is 5.33. The molecule has 0 atom stereocenters. The number of halogens is 1. The highest BCUT2D eigenvalue weighted by molar-refractivity contribution is 5.28. The minimum atomic E-state index is -0.189. The lowest BCUT2D eigenvalue weighted by atomic mass is 10.2. The molecule has 0 fully saturated rings. The number of hydrogen-bond acceptors (Lipinski definition) is 2. The van der Waals surface area contributed by atoms with Crippen molar-refractivity contribution >= 4 is 0 Å². The minimum absolute atomic E-state index is 0.189. The van der Waals surface area contributed by atoms with Crippen molar-refractivity contribution in [3.05, 3.63) is 29.6 Å². The summed E-state index contributed by atoms with van der Waals surface area (Å²) in [6, 6.07) is 4.81. The van der Waals surface area contributed by atoms with E-state index in [4.69, 9.17) is 10.5 Å². The summed E-state index contributed by atoms with van der Waals surface area (Å²) >= 11 is 0. The third-order valence-corrected chi connectivity index (χ3v) is 2.25. The average Bonchev–Trinajstić information content (AvgIpc) is 2.23. The Balaban J connectivity index is 2.28. The zero-order chi connectivity index (χ0) is 11.1. The van der Waals surface area contributed by atoms with Gasteiger partial charge in [0.1, 0.15) is 11.6 Å². The summed E-state index contributed by atoms with van der Waals surface area (Å²) < 4.78 is 18.4. The molecule has 0 aliphatic rings. The molecular weight excluding hydrogens is 193 g/mol. The van der Waals surface area contributed by atoms with Crippen LogP contribution in [0.5, 0.6) is 5.75 Å². The van der Waals surface area contributed by atoms with Crippen molar-refractivity contribution in [1.29, 1.82) is 0 Å². The summed E-state index contributed by atoms with van der Waals surface area (Å²) in [5.74, 6) is 0.548. The lowest BCUT2D eigenvalue weighted by Gasteiger charge is -2.06. The predicted molar refractivity (Wildman–Crippen MR) is 59.5 cm³/mol. The molecule has 15 heavy (non-hydrogen) atoms. The van der Waals surface area contributed by atoms with Crippen LogP contribution in [0.1, 0.15) is 24.8 Å². The molecule has 0 amide bonds. The Bertz CT molecular complexity index is 302. The normalized spacial score (nSPS) is 10.3. The van der Waals surface area contributed by atoms with E-state index in [9.17, 15) is 4.39 Å². The smallest absolute Gasteiger partial charge is 0.126 e. The van der Waals surface area contributed by atoms with Gasteiger partial charge in [-0.3, -0.25) is 0 Å². The van der Waals surface area contributed by atoms with Gasteiger partial charge >= 0.3 is 0 Å². The Labute approximate surface area is 90.2 Å². The van der Waals surface area contributed by atoms with Gasteiger partial charge in [0.05, 0.1) is 6.61 Å². The fraction of sp³-hybridized carbons (Fsp3) is 0.500. The highest BCUT2D eigenvalue weighted by Crippen LogP contribution is 2.16. The number of benzene rings is 1. The molecule has 1 aromatic rings. The molecule has 0 unspecified atom stereocenters. The molecule has 0 heterocycles. The van der Waals surface area contributed by atoms with Crippen LogP contribution < -0.4 is 10.5 Å². The molecule has 0 aromatic heterocycles. The quantitative estimate of drug-likeness (QED) is 0.734. The topological polar surface area (TPSA) is 35.2 Å². The first kappa shape index (κ1) is 12.0. The van der Waals surface area contributed by atoms with Gasteiger partial charge in [-0.2, -0.15) is 0 Å². The largest absolute Gasteiger partial charge is 0.494 e. The second-order valence-electron chi connectivity index (χ2n) is 3.61. The second kappa shape index (κ2) is 6.40. The molecule has 3 heteroatoms. The summed E-state index contributed by atoms with van der Waals surface area (Å²) in [5.41, 5.74) is 6.00. The summed E-state index contributed by atoms with van der Waals surface area (Å²) in [6.07, 6.45) is 3.11. The third kappa shape index (κ3) is 4.30. The SMILES string of the molecule is Cc1cc(OCCCCCN)ccc1F. The molecule has 0 aliphatic heterocycles. The van der Waals surface area contributed by atoms with Crippen molar-refractivity contribution in [3.8, 4) is 5.75 Å². The zero-order valence-electron chi connectivity index (χ0n) is 9.13. The van der Waals surface area contributed by atoms with Crippen LogP contribution in [0.3, 0.4) is 0 Å². The van der Waals surface area contributed by atoms with Crippen molar-refractivity contribution in [2.75, 3.05) is 13.2 Å². The first-order valence-electron chi connectivity index (χ1n) is 5.33. The van der Waals surface area contributed by atoms with E-state index in [1.807, 2.05) is 0 Å². The van der Waals surface area contributed by atoms with E-state index in [0.717, 1.165) is 31.6 Å². The van der Waals surface area contributed by atoms with Crippen molar-refractivity contribution in [3.63, 3.8) is 0 Å². The van der Waals surface area contributed by atoms with Crippen LogP contribution in [0.2, 0.25) is 0 Å². The maximum atomic E-state index is 12.9. The number of hydrogen-bond donors (Lipinski definition) is 1. The van der Waals surface area contributed by atoms with Gasteiger partial charge in [0, 0.05) is 0 Å². The molecule has 0 bridgehead atoms. The highest BCUT2D eigenvalue weighted by atomic mass is 19.1. The van der Waals surface area contributed by atoms with Crippen LogP contribution in [0.4, 0.5) is 4.39 Å². The van der Waals surface area contributed by atoms with Gasteiger partial charge in [0.25, 0.3) is 0 Å². The maximum Gasteiger partial charge on any atom is 0.126 e. The van der Waals surface area contributed by atoms with Gasteiger partial charge < -0.3 is 10.5 Å². The Morgan fingerprint density at radius 3 is 2.73 bits per heavy atom. The Morgan fingerprint density at radius 2 is 2.07 bits per heavy atom. The van der Waals surface area contributed by atoms with Gasteiger partial charge in [-0.05, 0) is 56.5 Å². The van der Waals surface area contributed by atoms with E-state index in [0.29, 0.717) is 12.2 Å². The molecule has 84 valence electrons. The minimum Gasteiger partial charge on any atom is -0.494 e. The molecule has 2 N–H and O–H groups in total. The van der Waals surface area contributed by atoms with Gasteiger partial charge in [-0.25, -0.2) is 4.39 Å². The standard InChI is InChI=1S/C12H18FNO/c1-10-9-11(5-6-12(10)13)15-8-4-2-3-7-14/h5-6,9H,2-4,7-8,14H2,1H3. The molecule has 0 saturated carbocycles. The van der Waals surface area contributed by atoms with Gasteiger partial charge in [0.15, 0.2) is 0 Å². The van der Waals surface area contributed by atoms with Crippen molar-refractivity contribution in [2.24, 2.45) is 5.73 Å². The molecule has 0 spiro atoms. The lowest BCUT2D eigenvalue weighted by molar-refractivity contribution is 0.305. The Kier molecular flexibility index (Phi) is 5.12. The summed E-state index contributed by atoms with van der Waals surface area (Å²) in [4.78, 5) is 0. The van der Waals surface area contributed by atoms with Crippen molar-refractivity contribution < 1.29 is 9.13 Å². The zero-order valence-corrected chi connectivity index (χ0v) is 9.13. The van der Waals surface area contributed by atoms with E-state index in [-0.39, 0.29) is 5.82 Å². The van der Waals surface area contributed by atoms with Crippen molar-refractivity contribution in [2.45, 2.75) is 26.2 Å². The summed E-state index contributed by atoms with van der Waals surface area (Å²) in [6.45, 7) is 3.14. The van der Waals surface area contributed by atoms with Crippen molar-refractivity contribution in [1.82, 2.24) is 0 Å². The van der Waals surface area contributed by atoms with Crippen LogP contribution in [-0.4, -0.2) is 13.2 Å². The number of unbranched alkanes of at least 4 members (excludes halogenated alkanes) is 2. The second-order valence-corrected chi connectivity index (χ2v) is 3.61. The van der Waals surface area contributed by atoms with E-state index < -0.39 is 0 Å². The highest BCUT2D eigenvalue weighted by Gasteiger charge is 1.99. The number of aryl methyl sites for hydroxylation is 1. The number of ether oxygens (including phenoxy) is 1. The van der Waals surface area contributed by atoms with Crippen LogP contribution in [0.25, 0.3) is 0 Å². The van der Waals surface area contributed by atoms with Crippen LogP contribution in [0.15, 0.2) is 18.2 Å². The Morgan fingerprint density at radius 1 is 1.27 bits per heavy atom. The van der Waals surface area contributed by atoms with Crippen LogP contribution in [-0.2, 0) is 0 Å². The molecule has 0 aliphatic carbocycles. The summed E-state index contributed by atoms with van der Waals surface area (Å²) in [5, 5.41) is 0. The average molecular weight is 211 g/mol. The monoisotopic (exact) mass is 211 g/mol. The first-order chi connectivity index (χ1) is 7.24. The van der Waals surface area contributed by atoms with E-state index in [2.05, 4.69) is 0 Å². The van der Waals surface area contributed by atoms with Gasteiger partial charge in [-0.15, -0.1) is 0 Å². The number of rotatable bonds is 6. The van der Waals surface area contributed by atoms with Crippen LogP contribution >= 0.6 is 0 Å². The van der Waals surface area contributed by atoms with Gasteiger partial charge in [-0.1, -0.05) is 0 Å². The lowest BCUT2D eigenvalue weighted by Crippen LogP contribution is -2.01. The Hall–Kier alpha value is -1.09. The van der Waals surface area contributed by atoms with E-state index in [1.54, 1.807) is 19.1 Å². The molecular formula is C12H18FNO. The number of nitrogens with two attached hydrogens (primary N) is 1. The van der Waals surface area contributed by atoms with Gasteiger partial charge in [0.2, 0.25) is 0 Å². The fourth-order valence-electron chi connectivity index (χ4n) is 1.32. The predicted octanol–water partition coefficient (Wildman–Crippen LogP) is 2.64. The molecule has 0 saturated heterocycles. The van der Waals surface area contributed by atoms with E-state index in [1.165, 1.54) is 6.07 Å². The van der Waals surface area contributed by atoms with E-state index >= 15 is 0 Å². The van der Waals surface area contributed by atoms with Crippen LogP contribution in [0, 0.1) is 12.7 Å². The molecule has 1 aromatic carbocycles. The maximum absolute atomic E-state index is 12.9. The fourth-order valence-corrected chi connectivity index (χ4v) is 1.32. The molecule has 0 radical (unpaired) electrons. The summed E-state index contributed by atoms with van der Waals surface area (Å²) in [7, 11) is 0. The molecule has 1 rings (SSSR count). The molecule has 2 nitrogen and oxygen atoms in total. The third-order valence-electron chi connectivity index (χ3n) is 2.25.